The first-order valence-electron chi connectivity index (χ1n) is 7.29. The summed E-state index contributed by atoms with van der Waals surface area (Å²) in [5.74, 6) is -0.0625. The fraction of sp³-hybridized carbons (Fsp3) is 0.158. The van der Waals surface area contributed by atoms with Crippen molar-refractivity contribution in [1.29, 1.82) is 0 Å². The third-order valence-electron chi connectivity index (χ3n) is 3.17. The Kier molecular flexibility index (Phi) is 7.73. The van der Waals surface area contributed by atoms with Crippen LogP contribution < -0.4 is 9.80 Å². The largest absolute Gasteiger partial charge is 2.00 e. The van der Waals surface area contributed by atoms with Crippen LogP contribution in [0.5, 0.6) is 0 Å². The molecule has 2 aromatic carbocycles. The van der Waals surface area contributed by atoms with Crippen LogP contribution in [-0.2, 0) is 25.9 Å². The minimum Gasteiger partial charge on any atom is -0.512 e. The van der Waals surface area contributed by atoms with E-state index >= 15 is 0 Å². The van der Waals surface area contributed by atoms with Gasteiger partial charge in [0.2, 0.25) is 0 Å². The van der Waals surface area contributed by atoms with Crippen LogP contribution in [0.2, 0.25) is 0 Å². The van der Waals surface area contributed by atoms with Gasteiger partial charge in [0.25, 0.3) is 0 Å². The summed E-state index contributed by atoms with van der Waals surface area (Å²) in [6, 6.07) is 19.6. The summed E-state index contributed by atoms with van der Waals surface area (Å²) in [4.78, 5) is 14.3. The van der Waals surface area contributed by atoms with E-state index in [1.165, 1.54) is 31.3 Å². The van der Waals surface area contributed by atoms with Gasteiger partial charge < -0.3 is 14.9 Å². The molecule has 3 rings (SSSR count). The molecule has 0 aromatic heterocycles. The molecular weight excluding hydrogens is 483 g/mol. The van der Waals surface area contributed by atoms with Gasteiger partial charge in [-0.2, -0.15) is 37.0 Å². The number of hydrogen-bond donors (Lipinski definition) is 1. The summed E-state index contributed by atoms with van der Waals surface area (Å²) in [7, 11) is 2.06. The van der Waals surface area contributed by atoms with Crippen molar-refractivity contribution in [2.75, 3.05) is 16.8 Å². The molecule has 0 radical (unpaired) electrons. The molecule has 0 fully saturated rings. The van der Waals surface area contributed by atoms with Gasteiger partial charge in [0.05, 0.1) is 5.76 Å². The molecule has 5 heteroatoms. The van der Waals surface area contributed by atoms with E-state index in [2.05, 4.69) is 59.9 Å². The molecule has 0 amide bonds. The second kappa shape index (κ2) is 9.29. The van der Waals surface area contributed by atoms with Gasteiger partial charge in [0, 0.05) is 17.5 Å². The van der Waals surface area contributed by atoms with Crippen molar-refractivity contribution in [2.45, 2.75) is 13.8 Å². The minimum absolute atomic E-state index is 0. The Bertz CT molecular complexity index is 698. The van der Waals surface area contributed by atoms with Crippen LogP contribution in [0.15, 0.2) is 60.4 Å². The predicted molar refractivity (Wildman–Crippen MR) is 93.6 cm³/mol. The van der Waals surface area contributed by atoms with Gasteiger partial charge in [-0.25, -0.2) is 0 Å². The van der Waals surface area contributed by atoms with Crippen LogP contribution in [0.1, 0.15) is 13.8 Å². The van der Waals surface area contributed by atoms with Crippen molar-refractivity contribution in [3.05, 3.63) is 73.1 Å². The summed E-state index contributed by atoms with van der Waals surface area (Å²) >= 11 is 0. The number of carbonyl (C=O) groups excluding carboxylic acids is 1. The number of aliphatic hydroxyl groups is 1. The zero-order valence-electron chi connectivity index (χ0n) is 13.8. The Morgan fingerprint density at radius 1 is 1.12 bits per heavy atom. The molecule has 0 atom stereocenters. The zero-order chi connectivity index (χ0) is 16.8. The standard InChI is InChI=1S/C14H12N2.C5H8O2.Pt/c1-15-11-16(12-7-3-2-4-8-12)14-10-6-5-9-13(14)15;1-4(6)3-5(2)7;/h2-7,9-11H,1H3;3,6H,1-2H3;/q-2;;+2. The van der Waals surface area contributed by atoms with Crippen LogP contribution in [0, 0.1) is 12.7 Å². The van der Waals surface area contributed by atoms with Crippen molar-refractivity contribution in [1.82, 2.24) is 0 Å². The SMILES string of the molecule is CC(=O)C=C(C)O.CN1[CH-]N(c2[c-]cccc2)c2ccccc21.[Pt+2]. The van der Waals surface area contributed by atoms with Gasteiger partial charge in [-0.1, -0.05) is 12.1 Å². The van der Waals surface area contributed by atoms with Crippen LogP contribution in [0.3, 0.4) is 0 Å². The number of hydrogen-bond acceptors (Lipinski definition) is 4. The van der Waals surface area contributed by atoms with Crippen molar-refractivity contribution < 1.29 is 31.0 Å². The van der Waals surface area contributed by atoms with Gasteiger partial charge in [0.15, 0.2) is 5.78 Å². The number of rotatable bonds is 2. The normalized spacial score (nSPS) is 12.7. The predicted octanol–water partition coefficient (Wildman–Crippen LogP) is 4.23. The second-order valence-corrected chi connectivity index (χ2v) is 5.23. The summed E-state index contributed by atoms with van der Waals surface area (Å²) in [6.45, 7) is 4.93. The molecule has 1 aliphatic rings. The maximum Gasteiger partial charge on any atom is 2.00 e. The maximum atomic E-state index is 10.0. The van der Waals surface area contributed by atoms with Crippen LogP contribution in [0.4, 0.5) is 17.1 Å². The van der Waals surface area contributed by atoms with Gasteiger partial charge in [-0.05, 0) is 33.0 Å². The van der Waals surface area contributed by atoms with E-state index in [-0.39, 0.29) is 32.6 Å². The number of nitrogens with zero attached hydrogens (tertiary/aromatic N) is 2. The first-order valence-corrected chi connectivity index (χ1v) is 7.29. The topological polar surface area (TPSA) is 43.8 Å². The molecule has 1 aliphatic heterocycles. The van der Waals surface area contributed by atoms with Crippen molar-refractivity contribution in [2.24, 2.45) is 0 Å². The van der Waals surface area contributed by atoms with Crippen LogP contribution >= 0.6 is 0 Å². The first kappa shape index (κ1) is 20.0. The van der Waals surface area contributed by atoms with Crippen molar-refractivity contribution >= 4 is 22.8 Å². The minimum atomic E-state index is -0.125. The summed E-state index contributed by atoms with van der Waals surface area (Å²) in [6.07, 6.45) is 1.17. The number of anilines is 3. The Balaban J connectivity index is 0.000000312. The van der Waals surface area contributed by atoms with Gasteiger partial charge in [0.1, 0.15) is 0 Å². The number of aliphatic hydroxyl groups excluding tert-OH is 1. The molecule has 0 saturated carbocycles. The molecule has 1 N–H and O–H groups in total. The number of carbonyl (C=O) groups is 1. The second-order valence-electron chi connectivity index (χ2n) is 5.23. The summed E-state index contributed by atoms with van der Waals surface area (Å²) in [5.41, 5.74) is 3.49. The molecule has 128 valence electrons. The number of ketones is 1. The molecule has 1 heterocycles. The fourth-order valence-corrected chi connectivity index (χ4v) is 2.28. The summed E-state index contributed by atoms with van der Waals surface area (Å²) < 4.78 is 0. The third-order valence-corrected chi connectivity index (χ3v) is 3.17. The fourth-order valence-electron chi connectivity index (χ4n) is 2.28. The van der Waals surface area contributed by atoms with Gasteiger partial charge in [-0.3, -0.25) is 4.79 Å². The molecule has 0 saturated heterocycles. The van der Waals surface area contributed by atoms with Crippen molar-refractivity contribution in [3.63, 3.8) is 0 Å². The average Bonchev–Trinajstić information content (AvgIpc) is 2.85. The molecule has 0 bridgehead atoms. The zero-order valence-corrected chi connectivity index (χ0v) is 16.1. The number of allylic oxidation sites excluding steroid dienone is 2. The number of fused-ring (bicyclic) bond motifs is 1. The van der Waals surface area contributed by atoms with E-state index < -0.39 is 0 Å². The molecule has 2 aromatic rings. The van der Waals surface area contributed by atoms with E-state index in [1.54, 1.807) is 0 Å². The van der Waals surface area contributed by atoms with Gasteiger partial charge >= 0.3 is 21.1 Å². The number of benzene rings is 2. The quantitative estimate of drug-likeness (QED) is 0.379. The first-order chi connectivity index (χ1) is 11.0. The maximum absolute atomic E-state index is 10.0. The van der Waals surface area contributed by atoms with Gasteiger partial charge in [-0.15, -0.1) is 5.69 Å². The van der Waals surface area contributed by atoms with Crippen LogP contribution in [-0.4, -0.2) is 17.9 Å². The Morgan fingerprint density at radius 3 is 2.25 bits per heavy atom. The van der Waals surface area contributed by atoms with E-state index in [4.69, 9.17) is 5.11 Å². The van der Waals surface area contributed by atoms with E-state index in [0.717, 1.165) is 5.69 Å². The van der Waals surface area contributed by atoms with E-state index in [1.807, 2.05) is 18.2 Å². The summed E-state index contributed by atoms with van der Waals surface area (Å²) in [5, 5.41) is 8.36. The van der Waals surface area contributed by atoms with E-state index in [9.17, 15) is 4.79 Å². The Hall–Kier alpha value is -2.06. The Labute approximate surface area is 157 Å². The molecule has 24 heavy (non-hydrogen) atoms. The monoisotopic (exact) mass is 503 g/mol. The smallest absolute Gasteiger partial charge is 0.512 e. The molecule has 0 aliphatic carbocycles. The third kappa shape index (κ3) is 5.24. The molecule has 4 nitrogen and oxygen atoms in total. The molecule has 0 unspecified atom stereocenters. The van der Waals surface area contributed by atoms with Crippen molar-refractivity contribution in [3.8, 4) is 0 Å². The molecule has 0 spiro atoms. The average molecular weight is 503 g/mol. The Morgan fingerprint density at radius 2 is 1.75 bits per heavy atom. The van der Waals surface area contributed by atoms with Crippen LogP contribution in [0.25, 0.3) is 0 Å². The van der Waals surface area contributed by atoms with E-state index in [0.29, 0.717) is 0 Å². The number of para-hydroxylation sites is 3. The molecular formula is C19H20N2O2Pt.